The molecule has 19 heavy (non-hydrogen) atoms. The summed E-state index contributed by atoms with van der Waals surface area (Å²) in [6, 6.07) is 2.79. The molecule has 1 heterocycles. The van der Waals surface area contributed by atoms with Crippen LogP contribution in [-0.4, -0.2) is 38.0 Å². The maximum atomic E-state index is 13.7. The van der Waals surface area contributed by atoms with Crippen LogP contribution in [0.15, 0.2) is 23.1 Å². The third-order valence-electron chi connectivity index (χ3n) is 3.09. The number of sulfone groups is 1. The average Bonchev–Trinajstić information content (AvgIpc) is 2.39. The molecule has 0 aliphatic carbocycles. The van der Waals surface area contributed by atoms with Gasteiger partial charge in [0.2, 0.25) is 0 Å². The lowest BCUT2D eigenvalue weighted by molar-refractivity contribution is 0.0696. The normalized spacial score (nSPS) is 17.3. The summed E-state index contributed by atoms with van der Waals surface area (Å²) in [5, 5.41) is 8.12. The third kappa shape index (κ3) is 2.76. The van der Waals surface area contributed by atoms with E-state index in [9.17, 15) is 17.6 Å². The Morgan fingerprint density at radius 1 is 1.32 bits per heavy atom. The zero-order chi connectivity index (χ0) is 14.0. The van der Waals surface area contributed by atoms with Crippen LogP contribution in [-0.2, 0) is 14.6 Å². The standard InChI is InChI=1S/C12H13FO5S/c13-10-2-1-8(12(14)15)7-11(10)19(16,17)9-3-5-18-6-4-9/h1-2,7,9H,3-6H2,(H,14,15). The number of benzene rings is 1. The largest absolute Gasteiger partial charge is 0.478 e. The first kappa shape index (κ1) is 14.0. The van der Waals surface area contributed by atoms with E-state index in [0.717, 1.165) is 18.2 Å². The van der Waals surface area contributed by atoms with Crippen molar-refractivity contribution in [1.29, 1.82) is 0 Å². The molecule has 1 fully saturated rings. The van der Waals surface area contributed by atoms with Gasteiger partial charge in [0.1, 0.15) is 10.7 Å². The van der Waals surface area contributed by atoms with Crippen LogP contribution in [0.1, 0.15) is 23.2 Å². The third-order valence-corrected chi connectivity index (χ3v) is 5.37. The number of carboxylic acids is 1. The molecule has 1 aliphatic heterocycles. The maximum absolute atomic E-state index is 13.7. The van der Waals surface area contributed by atoms with Crippen molar-refractivity contribution in [2.45, 2.75) is 23.0 Å². The Bertz CT molecular complexity index is 590. The van der Waals surface area contributed by atoms with E-state index in [4.69, 9.17) is 9.84 Å². The van der Waals surface area contributed by atoms with Crippen LogP contribution in [0.3, 0.4) is 0 Å². The molecule has 0 radical (unpaired) electrons. The molecule has 0 aromatic heterocycles. The van der Waals surface area contributed by atoms with Gasteiger partial charge in [-0.15, -0.1) is 0 Å². The van der Waals surface area contributed by atoms with E-state index in [1.807, 2.05) is 0 Å². The molecule has 0 atom stereocenters. The van der Waals surface area contributed by atoms with E-state index in [0.29, 0.717) is 26.1 Å². The minimum absolute atomic E-state index is 0.243. The van der Waals surface area contributed by atoms with Gasteiger partial charge >= 0.3 is 5.97 Å². The predicted octanol–water partition coefficient (Wildman–Crippen LogP) is 1.48. The van der Waals surface area contributed by atoms with Crippen molar-refractivity contribution in [3.8, 4) is 0 Å². The van der Waals surface area contributed by atoms with Crippen molar-refractivity contribution in [2.24, 2.45) is 0 Å². The van der Waals surface area contributed by atoms with Gasteiger partial charge < -0.3 is 9.84 Å². The number of carboxylic acid groups (broad SMARTS) is 1. The topological polar surface area (TPSA) is 80.7 Å². The number of aromatic carboxylic acids is 1. The summed E-state index contributed by atoms with van der Waals surface area (Å²) in [4.78, 5) is 10.3. The highest BCUT2D eigenvalue weighted by Crippen LogP contribution is 2.26. The van der Waals surface area contributed by atoms with Crippen LogP contribution in [0.2, 0.25) is 0 Å². The van der Waals surface area contributed by atoms with Gasteiger partial charge in [0.25, 0.3) is 0 Å². The monoisotopic (exact) mass is 288 g/mol. The Labute approximate surface area is 109 Å². The first-order chi connectivity index (χ1) is 8.93. The van der Waals surface area contributed by atoms with Gasteiger partial charge in [-0.25, -0.2) is 17.6 Å². The molecular weight excluding hydrogens is 275 g/mol. The van der Waals surface area contributed by atoms with Crippen molar-refractivity contribution in [2.75, 3.05) is 13.2 Å². The molecule has 1 N–H and O–H groups in total. The van der Waals surface area contributed by atoms with Crippen LogP contribution in [0.4, 0.5) is 4.39 Å². The zero-order valence-corrected chi connectivity index (χ0v) is 10.8. The van der Waals surface area contributed by atoms with Crippen LogP contribution >= 0.6 is 0 Å². The molecule has 0 bridgehead atoms. The molecule has 1 aromatic carbocycles. The second-order valence-electron chi connectivity index (χ2n) is 4.31. The number of halogens is 1. The predicted molar refractivity (Wildman–Crippen MR) is 64.4 cm³/mol. The van der Waals surface area contributed by atoms with Crippen LogP contribution in [0.5, 0.6) is 0 Å². The van der Waals surface area contributed by atoms with Crippen molar-refractivity contribution in [3.05, 3.63) is 29.6 Å². The number of carbonyl (C=O) groups is 1. The fourth-order valence-corrected chi connectivity index (χ4v) is 3.82. The Balaban J connectivity index is 2.44. The highest BCUT2D eigenvalue weighted by atomic mass is 32.2. The quantitative estimate of drug-likeness (QED) is 0.911. The van der Waals surface area contributed by atoms with E-state index >= 15 is 0 Å². The van der Waals surface area contributed by atoms with E-state index in [2.05, 4.69) is 0 Å². The smallest absolute Gasteiger partial charge is 0.335 e. The maximum Gasteiger partial charge on any atom is 0.335 e. The summed E-state index contributed by atoms with van der Waals surface area (Å²) in [6.45, 7) is 0.619. The van der Waals surface area contributed by atoms with E-state index in [1.165, 1.54) is 0 Å². The van der Waals surface area contributed by atoms with Crippen molar-refractivity contribution in [1.82, 2.24) is 0 Å². The van der Waals surface area contributed by atoms with Crippen LogP contribution in [0.25, 0.3) is 0 Å². The van der Waals surface area contributed by atoms with Gasteiger partial charge in [0, 0.05) is 13.2 Å². The molecule has 1 saturated heterocycles. The Hall–Kier alpha value is -1.47. The SMILES string of the molecule is O=C(O)c1ccc(F)c(S(=O)(=O)C2CCOCC2)c1. The van der Waals surface area contributed by atoms with E-state index in [-0.39, 0.29) is 5.56 Å². The number of ether oxygens (including phenoxy) is 1. The second-order valence-corrected chi connectivity index (χ2v) is 6.50. The lowest BCUT2D eigenvalue weighted by Crippen LogP contribution is -2.29. The second kappa shape index (κ2) is 5.26. The zero-order valence-electron chi connectivity index (χ0n) is 10.0. The molecule has 1 aliphatic rings. The summed E-state index contributed by atoms with van der Waals surface area (Å²) >= 11 is 0. The van der Waals surface area contributed by atoms with Crippen molar-refractivity contribution >= 4 is 15.8 Å². The number of hydrogen-bond donors (Lipinski definition) is 1. The first-order valence-electron chi connectivity index (χ1n) is 5.77. The molecule has 0 spiro atoms. The first-order valence-corrected chi connectivity index (χ1v) is 7.32. The molecule has 2 rings (SSSR count). The van der Waals surface area contributed by atoms with Gasteiger partial charge in [0.15, 0.2) is 9.84 Å². The molecular formula is C12H13FO5S. The fourth-order valence-electron chi connectivity index (χ4n) is 2.02. The van der Waals surface area contributed by atoms with Crippen molar-refractivity contribution < 1.29 is 27.4 Å². The summed E-state index contributed by atoms with van der Waals surface area (Å²) < 4.78 is 43.3. The van der Waals surface area contributed by atoms with Gasteiger partial charge in [-0.2, -0.15) is 0 Å². The lowest BCUT2D eigenvalue weighted by Gasteiger charge is -2.22. The summed E-state index contributed by atoms with van der Waals surface area (Å²) in [7, 11) is -3.87. The Morgan fingerprint density at radius 3 is 2.53 bits per heavy atom. The van der Waals surface area contributed by atoms with Crippen LogP contribution < -0.4 is 0 Å². The highest BCUT2D eigenvalue weighted by Gasteiger charge is 2.32. The minimum atomic E-state index is -3.87. The van der Waals surface area contributed by atoms with E-state index in [1.54, 1.807) is 0 Å². The molecule has 1 aromatic rings. The number of hydrogen-bond acceptors (Lipinski definition) is 4. The van der Waals surface area contributed by atoms with Crippen molar-refractivity contribution in [3.63, 3.8) is 0 Å². The van der Waals surface area contributed by atoms with Gasteiger partial charge in [-0.1, -0.05) is 0 Å². The summed E-state index contributed by atoms with van der Waals surface area (Å²) in [6.07, 6.45) is 0.581. The molecule has 0 unspecified atom stereocenters. The van der Waals surface area contributed by atoms with Gasteiger partial charge in [-0.05, 0) is 31.0 Å². The molecule has 7 heteroatoms. The molecule has 0 amide bonds. The van der Waals surface area contributed by atoms with E-state index < -0.39 is 31.8 Å². The summed E-state index contributed by atoms with van der Waals surface area (Å²) in [5.41, 5.74) is -0.243. The van der Waals surface area contributed by atoms with Gasteiger partial charge in [0.05, 0.1) is 10.8 Å². The molecule has 5 nitrogen and oxygen atoms in total. The Kier molecular flexibility index (Phi) is 3.86. The average molecular weight is 288 g/mol. The lowest BCUT2D eigenvalue weighted by atomic mass is 10.2. The minimum Gasteiger partial charge on any atom is -0.478 e. The fraction of sp³-hybridized carbons (Fsp3) is 0.417. The van der Waals surface area contributed by atoms with Crippen LogP contribution in [0, 0.1) is 5.82 Å². The molecule has 104 valence electrons. The molecule has 0 saturated carbocycles. The number of rotatable bonds is 3. The summed E-state index contributed by atoms with van der Waals surface area (Å²) in [5.74, 6) is -2.21. The highest BCUT2D eigenvalue weighted by molar-refractivity contribution is 7.92. The Morgan fingerprint density at radius 2 is 1.95 bits per heavy atom. The van der Waals surface area contributed by atoms with Gasteiger partial charge in [-0.3, -0.25) is 0 Å².